The smallest absolute Gasteiger partial charge is 0.228 e. The van der Waals surface area contributed by atoms with Crippen LogP contribution < -0.4 is 21.3 Å². The fourth-order valence-electron chi connectivity index (χ4n) is 4.32. The van der Waals surface area contributed by atoms with Crippen LogP contribution in [0.4, 0.5) is 11.8 Å². The molecule has 162 valence electrons. The van der Waals surface area contributed by atoms with Crippen LogP contribution in [-0.4, -0.2) is 55.9 Å². The van der Waals surface area contributed by atoms with Crippen molar-refractivity contribution in [1.29, 1.82) is 0 Å². The molecule has 1 saturated heterocycles. The Labute approximate surface area is 181 Å². The molecule has 8 nitrogen and oxygen atoms in total. The van der Waals surface area contributed by atoms with E-state index in [9.17, 15) is 8.42 Å². The van der Waals surface area contributed by atoms with Crippen molar-refractivity contribution in [3.8, 4) is 0 Å². The second-order valence-electron chi connectivity index (χ2n) is 8.64. The molecule has 1 aromatic heterocycles. The van der Waals surface area contributed by atoms with Crippen LogP contribution >= 0.6 is 0 Å². The number of rotatable bonds is 3. The van der Waals surface area contributed by atoms with Gasteiger partial charge in [0.05, 0.1) is 21.7 Å². The Kier molecular flexibility index (Phi) is 4.65. The minimum atomic E-state index is -3.34. The van der Waals surface area contributed by atoms with Crippen LogP contribution in [0.1, 0.15) is 11.1 Å². The Bertz CT molecular complexity index is 1270. The van der Waals surface area contributed by atoms with Crippen LogP contribution in [0.25, 0.3) is 10.9 Å². The number of aromatic nitrogens is 2. The highest BCUT2D eigenvalue weighted by molar-refractivity contribution is 7.91. The summed E-state index contributed by atoms with van der Waals surface area (Å²) in [6.07, 6.45) is 0. The van der Waals surface area contributed by atoms with Crippen molar-refractivity contribution in [3.63, 3.8) is 0 Å². The van der Waals surface area contributed by atoms with E-state index in [2.05, 4.69) is 11.0 Å². The molecule has 0 spiro atoms. The summed E-state index contributed by atoms with van der Waals surface area (Å²) in [4.78, 5) is 14.2. The molecule has 0 saturated carbocycles. The highest BCUT2D eigenvalue weighted by atomic mass is 32.2. The summed E-state index contributed by atoms with van der Waals surface area (Å²) >= 11 is 0. The Morgan fingerprint density at radius 1 is 1.10 bits per heavy atom. The van der Waals surface area contributed by atoms with Gasteiger partial charge in [-0.05, 0) is 30.7 Å². The summed E-state index contributed by atoms with van der Waals surface area (Å²) in [5.74, 6) is 1.37. The lowest BCUT2D eigenvalue weighted by atomic mass is 9.91. The average molecular weight is 439 g/mol. The maximum Gasteiger partial charge on any atom is 0.228 e. The number of fused-ring (bicyclic) bond motifs is 2. The van der Waals surface area contributed by atoms with Crippen molar-refractivity contribution in [2.24, 2.45) is 11.5 Å². The molecule has 2 aliphatic heterocycles. The van der Waals surface area contributed by atoms with Crippen LogP contribution in [0.2, 0.25) is 0 Å². The molecule has 0 radical (unpaired) electrons. The van der Waals surface area contributed by atoms with E-state index in [0.717, 1.165) is 27.8 Å². The van der Waals surface area contributed by atoms with Gasteiger partial charge in [-0.1, -0.05) is 29.8 Å². The van der Waals surface area contributed by atoms with E-state index in [1.54, 1.807) is 12.1 Å². The average Bonchev–Trinajstić information content (AvgIpc) is 2.87. The summed E-state index contributed by atoms with van der Waals surface area (Å²) in [6, 6.07) is 13.2. The quantitative estimate of drug-likeness (QED) is 0.626. The van der Waals surface area contributed by atoms with Gasteiger partial charge in [-0.25, -0.2) is 13.4 Å². The van der Waals surface area contributed by atoms with Gasteiger partial charge in [-0.15, -0.1) is 0 Å². The molecule has 0 amide bonds. The number of aryl methyl sites for hydroxylation is 1. The van der Waals surface area contributed by atoms with Gasteiger partial charge in [-0.2, -0.15) is 4.98 Å². The highest BCUT2D eigenvalue weighted by Crippen LogP contribution is 2.33. The zero-order valence-corrected chi connectivity index (χ0v) is 18.3. The van der Waals surface area contributed by atoms with Crippen molar-refractivity contribution >= 4 is 32.5 Å². The molecule has 0 aliphatic carbocycles. The van der Waals surface area contributed by atoms with E-state index in [0.29, 0.717) is 43.6 Å². The second-order valence-corrected chi connectivity index (χ2v) is 10.7. The van der Waals surface area contributed by atoms with Gasteiger partial charge in [0.25, 0.3) is 0 Å². The molecule has 9 heteroatoms. The molecule has 5 rings (SSSR count). The lowest BCUT2D eigenvalue weighted by Gasteiger charge is -2.48. The first-order valence-corrected chi connectivity index (χ1v) is 12.0. The van der Waals surface area contributed by atoms with Gasteiger partial charge < -0.3 is 21.3 Å². The summed E-state index contributed by atoms with van der Waals surface area (Å²) < 4.78 is 25.5. The molecule has 2 aromatic carbocycles. The third-order valence-electron chi connectivity index (χ3n) is 6.12. The summed E-state index contributed by atoms with van der Waals surface area (Å²) in [7, 11) is -3.34. The number of hydrogen-bond donors (Lipinski definition) is 2. The van der Waals surface area contributed by atoms with Crippen LogP contribution in [0.3, 0.4) is 0 Å². The van der Waals surface area contributed by atoms with E-state index in [1.807, 2.05) is 36.1 Å². The maximum absolute atomic E-state index is 12.8. The lowest BCUT2D eigenvalue weighted by Crippen LogP contribution is -2.71. The van der Waals surface area contributed by atoms with Crippen molar-refractivity contribution < 1.29 is 8.42 Å². The first-order chi connectivity index (χ1) is 14.8. The van der Waals surface area contributed by atoms with Crippen LogP contribution in [-0.2, 0) is 16.4 Å². The van der Waals surface area contributed by atoms with E-state index in [4.69, 9.17) is 21.4 Å². The fourth-order valence-corrected chi connectivity index (χ4v) is 5.82. The standard InChI is InChI=1S/C22H26N6O2S/c1-15-6-7-18-17(10-15)20(28-13-22(24,12-23)14-28)26-21(25-18)27-8-9-31(29,30)19-5-3-2-4-16(19)11-27/h2-7,10H,8-9,11-14,23-24H2,1H3. The largest absolute Gasteiger partial charge is 0.352 e. The molecule has 3 aromatic rings. The number of benzene rings is 2. The van der Waals surface area contributed by atoms with Crippen LogP contribution in [0, 0.1) is 6.92 Å². The van der Waals surface area contributed by atoms with E-state index in [1.165, 1.54) is 0 Å². The monoisotopic (exact) mass is 438 g/mol. The predicted octanol–water partition coefficient (Wildman–Crippen LogP) is 1.21. The first kappa shape index (κ1) is 20.2. The normalized spacial score (nSPS) is 19.6. The molecule has 31 heavy (non-hydrogen) atoms. The lowest BCUT2D eigenvalue weighted by molar-refractivity contribution is 0.340. The number of nitrogens with two attached hydrogens (primary N) is 2. The topological polar surface area (TPSA) is 118 Å². The number of hydrogen-bond acceptors (Lipinski definition) is 8. The summed E-state index contributed by atoms with van der Waals surface area (Å²) in [5, 5.41) is 0.964. The third-order valence-corrected chi connectivity index (χ3v) is 7.91. The van der Waals surface area contributed by atoms with Crippen molar-refractivity contribution in [3.05, 3.63) is 53.6 Å². The minimum Gasteiger partial charge on any atom is -0.352 e. The van der Waals surface area contributed by atoms with Gasteiger partial charge in [0, 0.05) is 38.1 Å². The zero-order valence-electron chi connectivity index (χ0n) is 17.5. The number of nitrogens with zero attached hydrogens (tertiary/aromatic N) is 4. The molecule has 1 fully saturated rings. The number of sulfone groups is 1. The predicted molar refractivity (Wildman–Crippen MR) is 122 cm³/mol. The Balaban J connectivity index is 1.59. The summed E-state index contributed by atoms with van der Waals surface area (Å²) in [6.45, 7) is 4.48. The van der Waals surface area contributed by atoms with Crippen molar-refractivity contribution in [2.45, 2.75) is 23.9 Å². The van der Waals surface area contributed by atoms with Gasteiger partial charge in [0.1, 0.15) is 5.82 Å². The summed E-state index contributed by atoms with van der Waals surface area (Å²) in [5.41, 5.74) is 14.4. The third kappa shape index (κ3) is 3.52. The fraction of sp³-hybridized carbons (Fsp3) is 0.364. The second kappa shape index (κ2) is 7.15. The first-order valence-electron chi connectivity index (χ1n) is 10.4. The highest BCUT2D eigenvalue weighted by Gasteiger charge is 2.40. The van der Waals surface area contributed by atoms with Crippen LogP contribution in [0.5, 0.6) is 0 Å². The van der Waals surface area contributed by atoms with Crippen molar-refractivity contribution in [2.75, 3.05) is 41.7 Å². The molecular formula is C22H26N6O2S. The minimum absolute atomic E-state index is 0.0252. The van der Waals surface area contributed by atoms with Gasteiger partial charge in [0.15, 0.2) is 9.84 Å². The van der Waals surface area contributed by atoms with Gasteiger partial charge in [-0.3, -0.25) is 0 Å². The number of anilines is 2. The molecule has 0 bridgehead atoms. The van der Waals surface area contributed by atoms with Crippen molar-refractivity contribution in [1.82, 2.24) is 9.97 Å². The molecule has 3 heterocycles. The molecular weight excluding hydrogens is 412 g/mol. The Morgan fingerprint density at radius 2 is 1.87 bits per heavy atom. The van der Waals surface area contributed by atoms with E-state index < -0.39 is 15.4 Å². The Morgan fingerprint density at radius 3 is 2.65 bits per heavy atom. The van der Waals surface area contributed by atoms with E-state index in [-0.39, 0.29) is 5.75 Å². The Hall–Kier alpha value is -2.75. The van der Waals surface area contributed by atoms with Gasteiger partial charge in [0.2, 0.25) is 5.95 Å². The molecule has 4 N–H and O–H groups in total. The SMILES string of the molecule is Cc1ccc2nc(N3CCS(=O)(=O)c4ccccc4C3)nc(N3CC(N)(CN)C3)c2c1. The zero-order chi connectivity index (χ0) is 21.8. The maximum atomic E-state index is 12.8. The molecule has 0 atom stereocenters. The van der Waals surface area contributed by atoms with Gasteiger partial charge >= 0.3 is 0 Å². The molecule has 0 unspecified atom stereocenters. The van der Waals surface area contributed by atoms with Crippen LogP contribution in [0.15, 0.2) is 47.4 Å². The van der Waals surface area contributed by atoms with E-state index >= 15 is 0 Å². The molecule has 2 aliphatic rings.